The van der Waals surface area contributed by atoms with Gasteiger partial charge in [-0.15, -0.1) is 0 Å². The summed E-state index contributed by atoms with van der Waals surface area (Å²) in [7, 11) is -3.96. The van der Waals surface area contributed by atoms with Crippen molar-refractivity contribution in [3.63, 3.8) is 0 Å². The lowest BCUT2D eigenvalue weighted by atomic mass is 10.1. The molecule has 22 heavy (non-hydrogen) atoms. The van der Waals surface area contributed by atoms with E-state index in [0.717, 1.165) is 17.4 Å². The standard InChI is InChI=1S/C14H14N2O5S/c1-2-13-15-12(8-21-13)14(17)16-22(18,19)11-4-3-9-6-20-7-10(9)5-11/h3-5,8H,2,6-7H2,1H3,(H,16,17). The summed E-state index contributed by atoms with van der Waals surface area (Å²) < 4.78 is 36.8. The Labute approximate surface area is 127 Å². The molecule has 0 saturated carbocycles. The molecule has 7 nitrogen and oxygen atoms in total. The first kappa shape index (κ1) is 14.7. The van der Waals surface area contributed by atoms with Crippen LogP contribution in [0.25, 0.3) is 0 Å². The minimum atomic E-state index is -3.96. The third-order valence-electron chi connectivity index (χ3n) is 3.32. The molecule has 1 aromatic carbocycles. The van der Waals surface area contributed by atoms with E-state index in [1.54, 1.807) is 6.07 Å². The van der Waals surface area contributed by atoms with Gasteiger partial charge in [0.25, 0.3) is 15.9 Å². The average molecular weight is 322 g/mol. The van der Waals surface area contributed by atoms with Gasteiger partial charge in [0.2, 0.25) is 0 Å². The zero-order valence-corrected chi connectivity index (χ0v) is 12.6. The second kappa shape index (κ2) is 5.54. The van der Waals surface area contributed by atoms with Crippen LogP contribution < -0.4 is 4.72 Å². The van der Waals surface area contributed by atoms with Crippen LogP contribution in [0.3, 0.4) is 0 Å². The number of amides is 1. The maximum Gasteiger partial charge on any atom is 0.286 e. The maximum atomic E-state index is 12.3. The summed E-state index contributed by atoms with van der Waals surface area (Å²) in [6.45, 7) is 2.66. The fraction of sp³-hybridized carbons (Fsp3) is 0.286. The number of benzene rings is 1. The summed E-state index contributed by atoms with van der Waals surface area (Å²) in [6, 6.07) is 4.65. The molecule has 0 aliphatic carbocycles. The molecule has 1 aliphatic rings. The fourth-order valence-electron chi connectivity index (χ4n) is 2.13. The summed E-state index contributed by atoms with van der Waals surface area (Å²) in [6.07, 6.45) is 1.66. The highest BCUT2D eigenvalue weighted by Gasteiger charge is 2.23. The molecular weight excluding hydrogens is 308 g/mol. The van der Waals surface area contributed by atoms with E-state index in [4.69, 9.17) is 9.15 Å². The Kier molecular flexibility index (Phi) is 3.71. The Morgan fingerprint density at radius 2 is 2.09 bits per heavy atom. The van der Waals surface area contributed by atoms with E-state index in [0.29, 0.717) is 25.5 Å². The molecule has 0 atom stereocenters. The molecular formula is C14H14N2O5S. The van der Waals surface area contributed by atoms with Crippen molar-refractivity contribution in [3.8, 4) is 0 Å². The van der Waals surface area contributed by atoms with Gasteiger partial charge < -0.3 is 9.15 Å². The highest BCUT2D eigenvalue weighted by Crippen LogP contribution is 2.23. The molecule has 0 fully saturated rings. The number of fused-ring (bicyclic) bond motifs is 1. The minimum Gasteiger partial charge on any atom is -0.448 e. The molecule has 2 heterocycles. The number of hydrogen-bond donors (Lipinski definition) is 1. The lowest BCUT2D eigenvalue weighted by Gasteiger charge is -2.06. The number of hydrogen-bond acceptors (Lipinski definition) is 6. The number of aromatic nitrogens is 1. The number of carbonyl (C=O) groups excluding carboxylic acids is 1. The van der Waals surface area contributed by atoms with Gasteiger partial charge in [-0.1, -0.05) is 13.0 Å². The Balaban J connectivity index is 1.82. The molecule has 0 radical (unpaired) electrons. The van der Waals surface area contributed by atoms with E-state index >= 15 is 0 Å². The smallest absolute Gasteiger partial charge is 0.286 e. The molecule has 116 valence electrons. The van der Waals surface area contributed by atoms with E-state index in [1.165, 1.54) is 12.1 Å². The van der Waals surface area contributed by atoms with Gasteiger partial charge in [-0.2, -0.15) is 0 Å². The van der Waals surface area contributed by atoms with Crippen LogP contribution in [-0.4, -0.2) is 19.3 Å². The van der Waals surface area contributed by atoms with E-state index in [2.05, 4.69) is 4.98 Å². The summed E-state index contributed by atoms with van der Waals surface area (Å²) in [5.74, 6) is -0.447. The predicted molar refractivity (Wildman–Crippen MR) is 75.5 cm³/mol. The Hall–Kier alpha value is -2.19. The maximum absolute atomic E-state index is 12.3. The van der Waals surface area contributed by atoms with Crippen LogP contribution in [0.2, 0.25) is 0 Å². The molecule has 2 aromatic rings. The van der Waals surface area contributed by atoms with Gasteiger partial charge >= 0.3 is 0 Å². The minimum absolute atomic E-state index is 0.0179. The molecule has 8 heteroatoms. The van der Waals surface area contributed by atoms with Crippen molar-refractivity contribution in [2.24, 2.45) is 0 Å². The zero-order valence-electron chi connectivity index (χ0n) is 11.8. The van der Waals surface area contributed by atoms with Gasteiger partial charge in [-0.3, -0.25) is 4.79 Å². The van der Waals surface area contributed by atoms with Crippen molar-refractivity contribution in [2.75, 3.05) is 0 Å². The van der Waals surface area contributed by atoms with Gasteiger partial charge in [0.1, 0.15) is 6.26 Å². The fourth-order valence-corrected chi connectivity index (χ4v) is 3.14. The van der Waals surface area contributed by atoms with Crippen LogP contribution in [-0.2, 0) is 34.4 Å². The summed E-state index contributed by atoms with van der Waals surface area (Å²) in [5.41, 5.74) is 1.70. The first-order valence-electron chi connectivity index (χ1n) is 6.70. The van der Waals surface area contributed by atoms with Gasteiger partial charge in [0.15, 0.2) is 11.6 Å². The predicted octanol–water partition coefficient (Wildman–Crippen LogP) is 1.39. The number of sulfonamides is 1. The monoisotopic (exact) mass is 322 g/mol. The molecule has 1 N–H and O–H groups in total. The summed E-state index contributed by atoms with van der Waals surface area (Å²) in [5, 5.41) is 0. The molecule has 1 amide bonds. The Morgan fingerprint density at radius 3 is 2.82 bits per heavy atom. The number of nitrogens with one attached hydrogen (secondary N) is 1. The van der Waals surface area contributed by atoms with E-state index < -0.39 is 15.9 Å². The second-order valence-electron chi connectivity index (χ2n) is 4.84. The Bertz CT molecular complexity index is 826. The lowest BCUT2D eigenvalue weighted by Crippen LogP contribution is -2.30. The number of aryl methyl sites for hydroxylation is 1. The normalized spacial score (nSPS) is 13.9. The van der Waals surface area contributed by atoms with Crippen LogP contribution >= 0.6 is 0 Å². The van der Waals surface area contributed by atoms with E-state index in [1.807, 2.05) is 11.6 Å². The molecule has 0 saturated heterocycles. The number of oxazole rings is 1. The van der Waals surface area contributed by atoms with Gasteiger partial charge in [0, 0.05) is 6.42 Å². The van der Waals surface area contributed by atoms with Crippen LogP contribution in [0.1, 0.15) is 34.4 Å². The van der Waals surface area contributed by atoms with Gasteiger partial charge in [-0.05, 0) is 23.3 Å². The number of carbonyl (C=O) groups is 1. The third kappa shape index (κ3) is 2.75. The van der Waals surface area contributed by atoms with Crippen molar-refractivity contribution in [3.05, 3.63) is 47.2 Å². The van der Waals surface area contributed by atoms with Crippen molar-refractivity contribution in [1.82, 2.24) is 9.71 Å². The summed E-state index contributed by atoms with van der Waals surface area (Å²) >= 11 is 0. The van der Waals surface area contributed by atoms with Gasteiger partial charge in [0.05, 0.1) is 18.1 Å². The molecule has 1 aliphatic heterocycles. The lowest BCUT2D eigenvalue weighted by molar-refractivity contribution is 0.0976. The van der Waals surface area contributed by atoms with Crippen LogP contribution in [0, 0.1) is 0 Å². The number of nitrogens with zero attached hydrogens (tertiary/aromatic N) is 1. The first-order valence-corrected chi connectivity index (χ1v) is 8.19. The van der Waals surface area contributed by atoms with Crippen LogP contribution in [0.15, 0.2) is 33.8 Å². The second-order valence-corrected chi connectivity index (χ2v) is 6.52. The largest absolute Gasteiger partial charge is 0.448 e. The van der Waals surface area contributed by atoms with Crippen molar-refractivity contribution in [1.29, 1.82) is 0 Å². The van der Waals surface area contributed by atoms with Crippen molar-refractivity contribution >= 4 is 15.9 Å². The molecule has 0 unspecified atom stereocenters. The molecule has 3 rings (SSSR count). The molecule has 0 spiro atoms. The highest BCUT2D eigenvalue weighted by molar-refractivity contribution is 7.90. The van der Waals surface area contributed by atoms with Crippen LogP contribution in [0.4, 0.5) is 0 Å². The summed E-state index contributed by atoms with van der Waals surface area (Å²) in [4.78, 5) is 15.9. The molecule has 0 bridgehead atoms. The highest BCUT2D eigenvalue weighted by atomic mass is 32.2. The van der Waals surface area contributed by atoms with Gasteiger partial charge in [-0.25, -0.2) is 18.1 Å². The van der Waals surface area contributed by atoms with Crippen molar-refractivity contribution in [2.45, 2.75) is 31.5 Å². The SMILES string of the molecule is CCc1nc(C(=O)NS(=O)(=O)c2ccc3c(c2)COC3)co1. The third-order valence-corrected chi connectivity index (χ3v) is 4.65. The average Bonchev–Trinajstić information content (AvgIpc) is 3.14. The Morgan fingerprint density at radius 1 is 1.32 bits per heavy atom. The van der Waals surface area contributed by atoms with Crippen LogP contribution in [0.5, 0.6) is 0 Å². The van der Waals surface area contributed by atoms with E-state index in [9.17, 15) is 13.2 Å². The van der Waals surface area contributed by atoms with E-state index in [-0.39, 0.29) is 10.6 Å². The number of ether oxygens (including phenoxy) is 1. The topological polar surface area (TPSA) is 98.5 Å². The molecule has 1 aromatic heterocycles. The number of rotatable bonds is 4. The quantitative estimate of drug-likeness (QED) is 0.913. The zero-order chi connectivity index (χ0) is 15.7. The van der Waals surface area contributed by atoms with Crippen molar-refractivity contribution < 1.29 is 22.4 Å². The first-order chi connectivity index (χ1) is 10.5.